The fraction of sp³-hybridized carbons (Fsp3) is 0.222. The third-order valence-corrected chi connectivity index (χ3v) is 1.71. The first kappa shape index (κ1) is 8.68. The number of rotatable bonds is 3. The molecule has 0 amide bonds. The maximum atomic E-state index is 10.8. The van der Waals surface area contributed by atoms with Crippen molar-refractivity contribution in [2.75, 3.05) is 0 Å². The van der Waals surface area contributed by atoms with E-state index in [4.69, 9.17) is 4.52 Å². The standard InChI is InChI=1S/C9H9N3O2/c1-6(13)5-8-11-9(12-14-8)7-3-2-4-10-7/h2-4,10H,5H2,1H3. The third-order valence-electron chi connectivity index (χ3n) is 1.71. The Balaban J connectivity index is 2.22. The summed E-state index contributed by atoms with van der Waals surface area (Å²) < 4.78 is 4.90. The second-order valence-electron chi connectivity index (χ2n) is 2.97. The predicted octanol–water partition coefficient (Wildman–Crippen LogP) is 1.20. The van der Waals surface area contributed by atoms with Gasteiger partial charge in [0, 0.05) is 6.20 Å². The van der Waals surface area contributed by atoms with Crippen LogP contribution in [0.15, 0.2) is 22.9 Å². The van der Waals surface area contributed by atoms with Gasteiger partial charge >= 0.3 is 0 Å². The molecule has 0 saturated carbocycles. The topological polar surface area (TPSA) is 71.8 Å². The molecule has 2 aromatic rings. The number of carbonyl (C=O) groups excluding carboxylic acids is 1. The zero-order chi connectivity index (χ0) is 9.97. The molecule has 0 aromatic carbocycles. The van der Waals surface area contributed by atoms with E-state index < -0.39 is 0 Å². The summed E-state index contributed by atoms with van der Waals surface area (Å²) in [6.45, 7) is 1.48. The van der Waals surface area contributed by atoms with Gasteiger partial charge in [0.1, 0.15) is 5.78 Å². The smallest absolute Gasteiger partial charge is 0.234 e. The summed E-state index contributed by atoms with van der Waals surface area (Å²) >= 11 is 0. The fourth-order valence-corrected chi connectivity index (χ4v) is 1.12. The second kappa shape index (κ2) is 3.45. The van der Waals surface area contributed by atoms with Crippen molar-refractivity contribution >= 4 is 5.78 Å². The molecule has 0 atom stereocenters. The van der Waals surface area contributed by atoms with Crippen molar-refractivity contribution in [1.82, 2.24) is 15.1 Å². The molecule has 0 bridgehead atoms. The van der Waals surface area contributed by atoms with E-state index in [0.29, 0.717) is 11.7 Å². The number of carbonyl (C=O) groups is 1. The Morgan fingerprint density at radius 3 is 3.14 bits per heavy atom. The van der Waals surface area contributed by atoms with Crippen LogP contribution in [-0.4, -0.2) is 20.9 Å². The first-order valence-corrected chi connectivity index (χ1v) is 4.21. The van der Waals surface area contributed by atoms with E-state index in [2.05, 4.69) is 15.1 Å². The van der Waals surface area contributed by atoms with E-state index in [-0.39, 0.29) is 12.2 Å². The number of Topliss-reactive ketones (excluding diaryl/α,β-unsaturated/α-hetero) is 1. The van der Waals surface area contributed by atoms with E-state index in [1.54, 1.807) is 6.20 Å². The van der Waals surface area contributed by atoms with Crippen LogP contribution < -0.4 is 0 Å². The highest BCUT2D eigenvalue weighted by molar-refractivity contribution is 5.77. The molecule has 0 spiro atoms. The molecule has 72 valence electrons. The van der Waals surface area contributed by atoms with Crippen LogP contribution in [0.5, 0.6) is 0 Å². The Labute approximate surface area is 80.1 Å². The van der Waals surface area contributed by atoms with Gasteiger partial charge in [-0.25, -0.2) is 0 Å². The lowest BCUT2D eigenvalue weighted by molar-refractivity contribution is -0.116. The van der Waals surface area contributed by atoms with Crippen LogP contribution >= 0.6 is 0 Å². The molecule has 0 radical (unpaired) electrons. The first-order chi connectivity index (χ1) is 6.75. The van der Waals surface area contributed by atoms with Crippen molar-refractivity contribution in [2.24, 2.45) is 0 Å². The number of H-pyrrole nitrogens is 1. The highest BCUT2D eigenvalue weighted by Crippen LogP contribution is 2.12. The van der Waals surface area contributed by atoms with E-state index in [1.807, 2.05) is 12.1 Å². The van der Waals surface area contributed by atoms with E-state index in [0.717, 1.165) is 5.69 Å². The van der Waals surface area contributed by atoms with Gasteiger partial charge in [-0.15, -0.1) is 0 Å². The average molecular weight is 191 g/mol. The molecule has 2 aromatic heterocycles. The van der Waals surface area contributed by atoms with Gasteiger partial charge in [0.2, 0.25) is 11.7 Å². The first-order valence-electron chi connectivity index (χ1n) is 4.21. The van der Waals surface area contributed by atoms with Crippen LogP contribution in [-0.2, 0) is 11.2 Å². The lowest BCUT2D eigenvalue weighted by Gasteiger charge is -1.85. The van der Waals surface area contributed by atoms with Crippen LogP contribution in [0.4, 0.5) is 0 Å². The number of nitrogens with one attached hydrogen (secondary N) is 1. The van der Waals surface area contributed by atoms with Gasteiger partial charge in [0.05, 0.1) is 12.1 Å². The zero-order valence-corrected chi connectivity index (χ0v) is 7.65. The fourth-order valence-electron chi connectivity index (χ4n) is 1.12. The summed E-state index contributed by atoms with van der Waals surface area (Å²) in [4.78, 5) is 17.8. The molecule has 0 aliphatic carbocycles. The van der Waals surface area contributed by atoms with Crippen molar-refractivity contribution in [1.29, 1.82) is 0 Å². The molecule has 0 unspecified atom stereocenters. The minimum absolute atomic E-state index is 0.00619. The van der Waals surface area contributed by atoms with Gasteiger partial charge in [-0.3, -0.25) is 4.79 Å². The maximum absolute atomic E-state index is 10.8. The molecular weight excluding hydrogens is 182 g/mol. The van der Waals surface area contributed by atoms with Crippen molar-refractivity contribution in [2.45, 2.75) is 13.3 Å². The highest BCUT2D eigenvalue weighted by Gasteiger charge is 2.09. The lowest BCUT2D eigenvalue weighted by Crippen LogP contribution is -1.95. The number of ketones is 1. The summed E-state index contributed by atoms with van der Waals surface area (Å²) in [6.07, 6.45) is 1.96. The maximum Gasteiger partial charge on any atom is 0.234 e. The summed E-state index contributed by atoms with van der Waals surface area (Å²) in [7, 11) is 0. The zero-order valence-electron chi connectivity index (χ0n) is 7.65. The number of hydrogen-bond acceptors (Lipinski definition) is 4. The van der Waals surface area contributed by atoms with Crippen LogP contribution in [0.3, 0.4) is 0 Å². The monoisotopic (exact) mass is 191 g/mol. The molecule has 5 heteroatoms. The number of nitrogens with zero attached hydrogens (tertiary/aromatic N) is 2. The minimum atomic E-state index is 0.00619. The van der Waals surface area contributed by atoms with Gasteiger partial charge in [-0.05, 0) is 19.1 Å². The van der Waals surface area contributed by atoms with Crippen LogP contribution in [0, 0.1) is 0 Å². The molecule has 0 aliphatic heterocycles. The van der Waals surface area contributed by atoms with Crippen LogP contribution in [0.1, 0.15) is 12.8 Å². The number of aromatic amines is 1. The summed E-state index contributed by atoms with van der Waals surface area (Å²) in [5, 5.41) is 3.74. The van der Waals surface area contributed by atoms with Crippen molar-refractivity contribution in [3.05, 3.63) is 24.2 Å². The summed E-state index contributed by atoms with van der Waals surface area (Å²) in [6, 6.07) is 3.68. The van der Waals surface area contributed by atoms with Gasteiger partial charge in [0.25, 0.3) is 0 Å². The minimum Gasteiger partial charge on any atom is -0.359 e. The van der Waals surface area contributed by atoms with Gasteiger partial charge < -0.3 is 9.51 Å². The van der Waals surface area contributed by atoms with E-state index in [1.165, 1.54) is 6.92 Å². The molecule has 0 aliphatic rings. The largest absolute Gasteiger partial charge is 0.359 e. The van der Waals surface area contributed by atoms with Gasteiger partial charge in [-0.1, -0.05) is 5.16 Å². The average Bonchev–Trinajstić information content (AvgIpc) is 2.69. The Bertz CT molecular complexity index is 431. The quantitative estimate of drug-likeness (QED) is 0.791. The highest BCUT2D eigenvalue weighted by atomic mass is 16.5. The van der Waals surface area contributed by atoms with Gasteiger partial charge in [0.15, 0.2) is 0 Å². The Morgan fingerprint density at radius 2 is 2.50 bits per heavy atom. The molecule has 14 heavy (non-hydrogen) atoms. The Hall–Kier alpha value is -1.91. The van der Waals surface area contributed by atoms with E-state index >= 15 is 0 Å². The lowest BCUT2D eigenvalue weighted by atomic mass is 10.3. The molecule has 5 nitrogen and oxygen atoms in total. The molecular formula is C9H9N3O2. The molecule has 2 heterocycles. The number of aromatic nitrogens is 3. The van der Waals surface area contributed by atoms with Crippen LogP contribution in [0.2, 0.25) is 0 Å². The van der Waals surface area contributed by atoms with E-state index in [9.17, 15) is 4.79 Å². The predicted molar refractivity (Wildman–Crippen MR) is 48.5 cm³/mol. The molecule has 0 fully saturated rings. The number of hydrogen-bond donors (Lipinski definition) is 1. The van der Waals surface area contributed by atoms with Crippen molar-refractivity contribution in [3.8, 4) is 11.5 Å². The molecule has 0 saturated heterocycles. The SMILES string of the molecule is CC(=O)Cc1nc(-c2ccc[nH]2)no1. The summed E-state index contributed by atoms with van der Waals surface area (Å²) in [5.41, 5.74) is 0.781. The third kappa shape index (κ3) is 1.71. The Morgan fingerprint density at radius 1 is 1.64 bits per heavy atom. The van der Waals surface area contributed by atoms with Gasteiger partial charge in [-0.2, -0.15) is 4.98 Å². The van der Waals surface area contributed by atoms with Crippen LogP contribution in [0.25, 0.3) is 11.5 Å². The van der Waals surface area contributed by atoms with Crippen molar-refractivity contribution < 1.29 is 9.32 Å². The van der Waals surface area contributed by atoms with Crippen molar-refractivity contribution in [3.63, 3.8) is 0 Å². The summed E-state index contributed by atoms with van der Waals surface area (Å²) in [5.74, 6) is 0.833. The molecule has 2 rings (SSSR count). The normalized spacial score (nSPS) is 10.4. The second-order valence-corrected chi connectivity index (χ2v) is 2.97. The molecule has 1 N–H and O–H groups in total. The Kier molecular flexibility index (Phi) is 2.14.